The van der Waals surface area contributed by atoms with E-state index < -0.39 is 21.7 Å². The molecule has 224 valence electrons. The second-order valence-electron chi connectivity index (χ2n) is 12.2. The lowest BCUT2D eigenvalue weighted by molar-refractivity contribution is -0.156. The molecule has 1 unspecified atom stereocenters. The summed E-state index contributed by atoms with van der Waals surface area (Å²) in [5.74, 6) is 0.933. The van der Waals surface area contributed by atoms with Crippen LogP contribution in [0.15, 0.2) is 59.5 Å². The molecule has 2 saturated carbocycles. The number of carbonyl (C=O) groups is 1. The number of piperazine rings is 1. The van der Waals surface area contributed by atoms with E-state index in [0.717, 1.165) is 63.5 Å². The van der Waals surface area contributed by atoms with Crippen LogP contribution < -0.4 is 4.74 Å². The number of rotatable bonds is 11. The van der Waals surface area contributed by atoms with Crippen molar-refractivity contribution in [1.29, 1.82) is 0 Å². The van der Waals surface area contributed by atoms with Crippen LogP contribution in [0, 0.1) is 5.92 Å². The number of hydrogen-bond acceptors (Lipinski definition) is 6. The van der Waals surface area contributed by atoms with Crippen LogP contribution in [0.25, 0.3) is 0 Å². The predicted octanol–water partition coefficient (Wildman–Crippen LogP) is 3.94. The molecule has 1 amide bonds. The van der Waals surface area contributed by atoms with Gasteiger partial charge < -0.3 is 14.7 Å². The fourth-order valence-electron chi connectivity index (χ4n) is 7.20. The fourth-order valence-corrected chi connectivity index (χ4v) is 8.76. The number of hydrogen-bond donors (Lipinski definition) is 1. The van der Waals surface area contributed by atoms with E-state index in [0.29, 0.717) is 18.7 Å². The monoisotopic (exact) mass is 583 g/mol. The van der Waals surface area contributed by atoms with Crippen LogP contribution in [-0.4, -0.2) is 91.6 Å². The number of ether oxygens (including phenoxy) is 1. The highest BCUT2D eigenvalue weighted by Gasteiger charge is 2.52. The van der Waals surface area contributed by atoms with Crippen molar-refractivity contribution >= 4 is 15.9 Å². The number of aliphatic hydroxyl groups excluding tert-OH is 1. The standard InChI is InChI=1S/C32H45N3O5S/c1-33-22-27(20-25-10-4-3-5-11-25)35(31(37)32(33)18-8-9-19-32)24-28(36)23-34(21-26-12-6-7-13-26)41(38,39)30-16-14-29(40-2)15-17-30/h3-5,10-11,14-17,26-28,36H,6-9,12-13,18-24H2,1-2H3/t27-,28?/m0/s1. The summed E-state index contributed by atoms with van der Waals surface area (Å²) in [7, 11) is -0.246. The largest absolute Gasteiger partial charge is 0.497 e. The van der Waals surface area contributed by atoms with Crippen LogP contribution in [0.1, 0.15) is 56.9 Å². The van der Waals surface area contributed by atoms with E-state index in [2.05, 4.69) is 24.1 Å². The molecule has 3 aliphatic rings. The van der Waals surface area contributed by atoms with Crippen molar-refractivity contribution in [3.05, 3.63) is 60.2 Å². The number of β-amino-alcohol motifs (C(OH)–C–C–N with tert-alkyl or cyclic N) is 1. The average molecular weight is 584 g/mol. The lowest BCUT2D eigenvalue weighted by atomic mass is 9.87. The van der Waals surface area contributed by atoms with Crippen molar-refractivity contribution in [3.63, 3.8) is 0 Å². The lowest BCUT2D eigenvalue weighted by Gasteiger charge is -2.51. The van der Waals surface area contributed by atoms with Gasteiger partial charge in [0.1, 0.15) is 11.3 Å². The quantitative estimate of drug-likeness (QED) is 0.431. The third-order valence-electron chi connectivity index (χ3n) is 9.52. The maximum Gasteiger partial charge on any atom is 0.243 e. The van der Waals surface area contributed by atoms with Crippen molar-refractivity contribution in [3.8, 4) is 5.75 Å². The number of amides is 1. The van der Waals surface area contributed by atoms with Crippen molar-refractivity contribution in [2.24, 2.45) is 5.92 Å². The number of carbonyl (C=O) groups excluding carboxylic acids is 1. The van der Waals surface area contributed by atoms with Crippen LogP contribution in [0.2, 0.25) is 0 Å². The first-order valence-corrected chi connectivity index (χ1v) is 16.6. The average Bonchev–Trinajstić information content (AvgIpc) is 3.68. The molecule has 2 aliphatic carbocycles. The van der Waals surface area contributed by atoms with Gasteiger partial charge in [-0.05, 0) is 74.9 Å². The molecule has 2 atom stereocenters. The molecule has 2 aromatic rings. The molecule has 1 saturated heterocycles. The summed E-state index contributed by atoms with van der Waals surface area (Å²) in [6.45, 7) is 1.17. The normalized spacial score (nSPS) is 22.6. The van der Waals surface area contributed by atoms with Gasteiger partial charge >= 0.3 is 0 Å². The number of methoxy groups -OCH3 is 1. The zero-order valence-electron chi connectivity index (χ0n) is 24.5. The van der Waals surface area contributed by atoms with Gasteiger partial charge in [0, 0.05) is 32.2 Å². The summed E-state index contributed by atoms with van der Waals surface area (Å²) in [5.41, 5.74) is 0.622. The van der Waals surface area contributed by atoms with Gasteiger partial charge in [-0.15, -0.1) is 0 Å². The van der Waals surface area contributed by atoms with Crippen LogP contribution in [0.4, 0.5) is 0 Å². The Labute approximate surface area is 245 Å². The number of aliphatic hydroxyl groups is 1. The van der Waals surface area contributed by atoms with Gasteiger partial charge in [0.05, 0.1) is 18.1 Å². The van der Waals surface area contributed by atoms with Crippen LogP contribution >= 0.6 is 0 Å². The molecule has 1 spiro atoms. The maximum atomic E-state index is 14.2. The van der Waals surface area contributed by atoms with Gasteiger partial charge in [0.2, 0.25) is 15.9 Å². The van der Waals surface area contributed by atoms with Crippen molar-refractivity contribution in [2.45, 2.75) is 80.4 Å². The molecule has 1 N–H and O–H groups in total. The Balaban J connectivity index is 1.38. The smallest absolute Gasteiger partial charge is 0.243 e. The minimum absolute atomic E-state index is 0.0461. The molecule has 0 aromatic heterocycles. The second-order valence-corrected chi connectivity index (χ2v) is 14.2. The fraction of sp³-hybridized carbons (Fsp3) is 0.594. The Hall–Kier alpha value is -2.46. The number of nitrogens with zero attached hydrogens (tertiary/aromatic N) is 3. The molecule has 1 heterocycles. The van der Waals surface area contributed by atoms with Gasteiger partial charge in [-0.25, -0.2) is 8.42 Å². The van der Waals surface area contributed by atoms with E-state index in [4.69, 9.17) is 4.74 Å². The summed E-state index contributed by atoms with van der Waals surface area (Å²) in [4.78, 5) is 18.5. The molecular formula is C32H45N3O5S. The number of sulfonamides is 1. The summed E-state index contributed by atoms with van der Waals surface area (Å²) in [5, 5.41) is 11.5. The molecule has 3 fully saturated rings. The van der Waals surface area contributed by atoms with E-state index in [-0.39, 0.29) is 35.9 Å². The Kier molecular flexibility index (Phi) is 9.38. The summed E-state index contributed by atoms with van der Waals surface area (Å²) < 4.78 is 34.4. The molecule has 5 rings (SSSR count). The molecular weight excluding hydrogens is 538 g/mol. The first-order valence-electron chi connectivity index (χ1n) is 15.1. The Morgan fingerprint density at radius 1 is 1.02 bits per heavy atom. The van der Waals surface area contributed by atoms with E-state index in [1.54, 1.807) is 31.4 Å². The summed E-state index contributed by atoms with van der Waals surface area (Å²) in [6, 6.07) is 16.5. The number of likely N-dealkylation sites (N-methyl/N-ethyl adjacent to an activating group) is 1. The minimum atomic E-state index is -3.85. The summed E-state index contributed by atoms with van der Waals surface area (Å²) >= 11 is 0. The molecule has 0 bridgehead atoms. The van der Waals surface area contributed by atoms with Crippen molar-refractivity contribution < 1.29 is 23.1 Å². The molecule has 41 heavy (non-hydrogen) atoms. The van der Waals surface area contributed by atoms with Gasteiger partial charge in [-0.1, -0.05) is 56.0 Å². The third kappa shape index (κ3) is 6.48. The van der Waals surface area contributed by atoms with E-state index in [1.165, 1.54) is 4.31 Å². The van der Waals surface area contributed by atoms with Crippen molar-refractivity contribution in [1.82, 2.24) is 14.1 Å². The first kappa shape index (κ1) is 30.0. The number of benzene rings is 2. The molecule has 1 aliphatic heterocycles. The van der Waals surface area contributed by atoms with Gasteiger partial charge in [0.15, 0.2) is 0 Å². The molecule has 8 nitrogen and oxygen atoms in total. The molecule has 2 aromatic carbocycles. The lowest BCUT2D eigenvalue weighted by Crippen LogP contribution is -2.68. The highest BCUT2D eigenvalue weighted by Crippen LogP contribution is 2.40. The van der Waals surface area contributed by atoms with E-state index in [9.17, 15) is 18.3 Å². The Morgan fingerprint density at radius 3 is 2.32 bits per heavy atom. The highest BCUT2D eigenvalue weighted by atomic mass is 32.2. The van der Waals surface area contributed by atoms with Crippen molar-refractivity contribution in [2.75, 3.05) is 40.3 Å². The van der Waals surface area contributed by atoms with Crippen LogP contribution in [0.5, 0.6) is 5.75 Å². The molecule has 0 radical (unpaired) electrons. The maximum absolute atomic E-state index is 14.2. The van der Waals surface area contributed by atoms with Gasteiger partial charge in [-0.3, -0.25) is 9.69 Å². The van der Waals surface area contributed by atoms with Crippen LogP contribution in [0.3, 0.4) is 0 Å². The Morgan fingerprint density at radius 2 is 1.68 bits per heavy atom. The summed E-state index contributed by atoms with van der Waals surface area (Å²) in [6.07, 6.45) is 7.55. The highest BCUT2D eigenvalue weighted by molar-refractivity contribution is 7.89. The SMILES string of the molecule is COc1ccc(S(=O)(=O)N(CC(O)CN2C(=O)C3(CCCC3)N(C)C[C@@H]2Cc2ccccc2)CC2CCCC2)cc1. The topological polar surface area (TPSA) is 90.4 Å². The minimum Gasteiger partial charge on any atom is -0.497 e. The van der Waals surface area contributed by atoms with Gasteiger partial charge in [-0.2, -0.15) is 4.31 Å². The van der Waals surface area contributed by atoms with E-state index in [1.807, 2.05) is 23.1 Å². The Bertz CT molecular complexity index is 1260. The molecule has 9 heteroatoms. The second kappa shape index (κ2) is 12.8. The zero-order chi connectivity index (χ0) is 29.0. The van der Waals surface area contributed by atoms with Crippen LogP contribution in [-0.2, 0) is 21.2 Å². The van der Waals surface area contributed by atoms with Gasteiger partial charge in [0.25, 0.3) is 0 Å². The van der Waals surface area contributed by atoms with E-state index >= 15 is 0 Å². The first-order chi connectivity index (χ1) is 19.7. The third-order valence-corrected chi connectivity index (χ3v) is 11.4. The zero-order valence-corrected chi connectivity index (χ0v) is 25.3. The predicted molar refractivity (Wildman–Crippen MR) is 159 cm³/mol.